The molecule has 30 heavy (non-hydrogen) atoms. The van der Waals surface area contributed by atoms with Gasteiger partial charge in [0.1, 0.15) is 6.04 Å². The van der Waals surface area contributed by atoms with Gasteiger partial charge in [-0.1, -0.05) is 78.0 Å². The average molecular weight is 421 g/mol. The van der Waals surface area contributed by atoms with Gasteiger partial charge in [0.25, 0.3) is 5.91 Å². The first-order valence-electron chi connectivity index (χ1n) is 10.2. The van der Waals surface area contributed by atoms with E-state index in [-0.39, 0.29) is 23.6 Å². The van der Waals surface area contributed by atoms with Crippen molar-refractivity contribution < 1.29 is 9.59 Å². The zero-order valence-electron chi connectivity index (χ0n) is 16.6. The van der Waals surface area contributed by atoms with E-state index in [2.05, 4.69) is 14.9 Å². The van der Waals surface area contributed by atoms with Gasteiger partial charge in [0.05, 0.1) is 0 Å². The van der Waals surface area contributed by atoms with Gasteiger partial charge in [0.2, 0.25) is 5.91 Å². The summed E-state index contributed by atoms with van der Waals surface area (Å²) in [6.07, 6.45) is 4.21. The Hall–Kier alpha value is -3.06. The van der Waals surface area contributed by atoms with E-state index in [9.17, 15) is 9.59 Å². The minimum atomic E-state index is -0.749. The fourth-order valence-corrected chi connectivity index (χ4v) is 4.35. The van der Waals surface area contributed by atoms with Crippen molar-refractivity contribution in [1.29, 1.82) is 0 Å². The molecular weight excluding hydrogens is 396 g/mol. The molecule has 6 nitrogen and oxygen atoms in total. The van der Waals surface area contributed by atoms with Crippen molar-refractivity contribution >= 4 is 23.3 Å². The van der Waals surface area contributed by atoms with E-state index in [1.807, 2.05) is 60.7 Å². The maximum atomic E-state index is 13.5. The summed E-state index contributed by atoms with van der Waals surface area (Å²) in [7, 11) is 0. The van der Waals surface area contributed by atoms with E-state index < -0.39 is 6.04 Å². The van der Waals surface area contributed by atoms with Crippen LogP contribution >= 0.6 is 11.5 Å². The monoisotopic (exact) mass is 420 g/mol. The summed E-state index contributed by atoms with van der Waals surface area (Å²) < 4.78 is 3.84. The van der Waals surface area contributed by atoms with Gasteiger partial charge in [0, 0.05) is 18.0 Å². The van der Waals surface area contributed by atoms with Crippen molar-refractivity contribution in [3.05, 3.63) is 82.9 Å². The number of amides is 2. The van der Waals surface area contributed by atoms with E-state index in [0.29, 0.717) is 6.54 Å². The van der Waals surface area contributed by atoms with Crippen molar-refractivity contribution in [3.63, 3.8) is 0 Å². The summed E-state index contributed by atoms with van der Waals surface area (Å²) in [5.41, 5.74) is 1.98. The van der Waals surface area contributed by atoms with Crippen molar-refractivity contribution in [2.24, 2.45) is 0 Å². The van der Waals surface area contributed by atoms with Crippen LogP contribution in [0.2, 0.25) is 0 Å². The second-order valence-electron chi connectivity index (χ2n) is 7.51. The maximum absolute atomic E-state index is 13.5. The summed E-state index contributed by atoms with van der Waals surface area (Å²) >= 11 is 1.12. The number of aromatic nitrogens is 2. The third-order valence-corrected chi connectivity index (χ3v) is 5.92. The smallest absolute Gasteiger partial charge is 0.276 e. The summed E-state index contributed by atoms with van der Waals surface area (Å²) in [6.45, 7) is 0.300. The van der Waals surface area contributed by atoms with Gasteiger partial charge in [0.15, 0.2) is 5.69 Å². The van der Waals surface area contributed by atoms with Crippen molar-refractivity contribution in [2.75, 3.05) is 0 Å². The highest BCUT2D eigenvalue weighted by molar-refractivity contribution is 7.03. The van der Waals surface area contributed by atoms with Crippen molar-refractivity contribution in [3.8, 4) is 0 Å². The Balaban J connectivity index is 1.71. The van der Waals surface area contributed by atoms with E-state index in [0.717, 1.165) is 48.3 Å². The molecular formula is C23H24N4O2S. The fourth-order valence-electron chi connectivity index (χ4n) is 3.92. The Bertz CT molecular complexity index is 957. The second kappa shape index (κ2) is 9.63. The molecule has 1 N–H and O–H groups in total. The molecule has 3 aromatic rings. The third kappa shape index (κ3) is 4.74. The molecule has 2 amide bonds. The number of carbonyl (C=O) groups excluding carboxylic acids is 2. The number of nitrogens with zero attached hydrogens (tertiary/aromatic N) is 3. The molecule has 154 valence electrons. The number of nitrogens with one attached hydrogen (secondary N) is 1. The average Bonchev–Trinajstić information content (AvgIpc) is 3.49. The first-order chi connectivity index (χ1) is 14.7. The molecule has 1 atom stereocenters. The summed E-state index contributed by atoms with van der Waals surface area (Å²) in [5, 5.41) is 8.76. The van der Waals surface area contributed by atoms with Crippen LogP contribution in [0.4, 0.5) is 0 Å². The lowest BCUT2D eigenvalue weighted by Crippen LogP contribution is -2.46. The van der Waals surface area contributed by atoms with Crippen LogP contribution < -0.4 is 5.32 Å². The number of rotatable bonds is 7. The van der Waals surface area contributed by atoms with Crippen LogP contribution in [-0.4, -0.2) is 32.3 Å². The lowest BCUT2D eigenvalue weighted by atomic mass is 10.0. The first-order valence-corrected chi connectivity index (χ1v) is 11.0. The molecule has 0 aliphatic heterocycles. The highest BCUT2D eigenvalue weighted by Crippen LogP contribution is 2.27. The molecule has 1 aliphatic rings. The quantitative estimate of drug-likeness (QED) is 0.627. The molecule has 1 aliphatic carbocycles. The molecule has 1 aromatic heterocycles. The second-order valence-corrected chi connectivity index (χ2v) is 8.12. The summed E-state index contributed by atoms with van der Waals surface area (Å²) in [6, 6.07) is 18.6. The molecule has 1 fully saturated rings. The van der Waals surface area contributed by atoms with Crippen LogP contribution in [0.5, 0.6) is 0 Å². The molecule has 0 unspecified atom stereocenters. The normalized spacial score (nSPS) is 14.9. The highest BCUT2D eigenvalue weighted by Gasteiger charge is 2.34. The van der Waals surface area contributed by atoms with E-state index in [4.69, 9.17) is 0 Å². The predicted molar refractivity (Wildman–Crippen MR) is 116 cm³/mol. The molecule has 0 saturated heterocycles. The molecule has 2 aromatic carbocycles. The van der Waals surface area contributed by atoms with E-state index in [1.165, 1.54) is 0 Å². The lowest BCUT2D eigenvalue weighted by molar-refractivity contribution is -0.126. The number of hydrogen-bond donors (Lipinski definition) is 1. The van der Waals surface area contributed by atoms with Crippen LogP contribution in [0.3, 0.4) is 0 Å². The zero-order valence-corrected chi connectivity index (χ0v) is 17.4. The molecule has 0 radical (unpaired) electrons. The Morgan fingerprint density at radius 2 is 1.70 bits per heavy atom. The topological polar surface area (TPSA) is 75.2 Å². The first kappa shape index (κ1) is 20.2. The van der Waals surface area contributed by atoms with Crippen molar-refractivity contribution in [1.82, 2.24) is 19.8 Å². The molecule has 4 rings (SSSR count). The third-order valence-electron chi connectivity index (χ3n) is 5.41. The molecule has 0 bridgehead atoms. The van der Waals surface area contributed by atoms with Crippen LogP contribution in [0.25, 0.3) is 0 Å². The summed E-state index contributed by atoms with van der Waals surface area (Å²) in [4.78, 5) is 28.5. The minimum absolute atomic E-state index is 0.152. The van der Waals surface area contributed by atoms with Gasteiger partial charge in [-0.3, -0.25) is 9.59 Å². The van der Waals surface area contributed by atoms with Gasteiger partial charge >= 0.3 is 0 Å². The van der Waals surface area contributed by atoms with Gasteiger partial charge < -0.3 is 10.2 Å². The van der Waals surface area contributed by atoms with Gasteiger partial charge in [-0.2, -0.15) is 0 Å². The SMILES string of the molecule is O=C(NC1CCCC1)[C@@H](c1ccccc1)N(Cc1ccccc1)C(=O)c1csnn1. The maximum Gasteiger partial charge on any atom is 0.276 e. The molecule has 1 heterocycles. The van der Waals surface area contributed by atoms with Gasteiger partial charge in [-0.05, 0) is 35.5 Å². The number of carbonyl (C=O) groups is 2. The zero-order chi connectivity index (χ0) is 20.8. The Labute approximate surface area is 180 Å². The lowest BCUT2D eigenvalue weighted by Gasteiger charge is -2.32. The van der Waals surface area contributed by atoms with E-state index in [1.54, 1.807) is 10.3 Å². The van der Waals surface area contributed by atoms with Crippen LogP contribution in [0.1, 0.15) is 53.3 Å². The van der Waals surface area contributed by atoms with E-state index >= 15 is 0 Å². The van der Waals surface area contributed by atoms with Gasteiger partial charge in [-0.25, -0.2) is 0 Å². The van der Waals surface area contributed by atoms with Crippen LogP contribution in [-0.2, 0) is 11.3 Å². The predicted octanol–water partition coefficient (Wildman–Crippen LogP) is 3.98. The standard InChI is InChI=1S/C23H24N4O2S/c28-22(24-19-13-7-8-14-19)21(18-11-5-2-6-12-18)27(15-17-9-3-1-4-10-17)23(29)20-16-30-26-25-20/h1-6,9-12,16,19,21H,7-8,13-15H2,(H,24,28)/t21-/m1/s1. The van der Waals surface area contributed by atoms with Crippen LogP contribution in [0, 0.1) is 0 Å². The molecule has 0 spiro atoms. The number of hydrogen-bond acceptors (Lipinski definition) is 5. The van der Waals surface area contributed by atoms with Crippen molar-refractivity contribution in [2.45, 2.75) is 44.3 Å². The molecule has 1 saturated carbocycles. The Morgan fingerprint density at radius 1 is 1.03 bits per heavy atom. The largest absolute Gasteiger partial charge is 0.351 e. The number of benzene rings is 2. The molecule has 7 heteroatoms. The minimum Gasteiger partial charge on any atom is -0.351 e. The summed E-state index contributed by atoms with van der Waals surface area (Å²) in [5.74, 6) is -0.455. The fraction of sp³-hybridized carbons (Fsp3) is 0.304. The van der Waals surface area contributed by atoms with Crippen LogP contribution in [0.15, 0.2) is 66.0 Å². The Kier molecular flexibility index (Phi) is 6.49. The highest BCUT2D eigenvalue weighted by atomic mass is 32.1. The Morgan fingerprint density at radius 3 is 2.33 bits per heavy atom. The van der Waals surface area contributed by atoms with Gasteiger partial charge in [-0.15, -0.1) is 5.10 Å².